The quantitative estimate of drug-likeness (QED) is 0.538. The van der Waals surface area contributed by atoms with E-state index >= 15 is 0 Å². The molecule has 0 spiro atoms. The Kier molecular flexibility index (Phi) is 6.67. The minimum Gasteiger partial charge on any atom is -0.478 e. The molecular formula is C17H20O8. The van der Waals surface area contributed by atoms with Gasteiger partial charge in [0, 0.05) is 0 Å². The van der Waals surface area contributed by atoms with Crippen LogP contribution in [0.3, 0.4) is 0 Å². The summed E-state index contributed by atoms with van der Waals surface area (Å²) in [5.41, 5.74) is -1.66. The fraction of sp³-hybridized carbons (Fsp3) is 0.412. The maximum absolute atomic E-state index is 12.0. The van der Waals surface area contributed by atoms with Crippen molar-refractivity contribution in [2.75, 3.05) is 13.2 Å². The molecule has 0 aromatic heterocycles. The van der Waals surface area contributed by atoms with Gasteiger partial charge in [0.15, 0.2) is 0 Å². The van der Waals surface area contributed by atoms with Gasteiger partial charge in [-0.2, -0.15) is 0 Å². The van der Waals surface area contributed by atoms with Crippen LogP contribution in [0.5, 0.6) is 0 Å². The molecule has 25 heavy (non-hydrogen) atoms. The lowest BCUT2D eigenvalue weighted by Crippen LogP contribution is -2.27. The molecule has 8 nitrogen and oxygen atoms in total. The van der Waals surface area contributed by atoms with E-state index in [-0.39, 0.29) is 24.3 Å². The van der Waals surface area contributed by atoms with Crippen molar-refractivity contribution >= 4 is 23.9 Å². The first-order valence-corrected chi connectivity index (χ1v) is 7.55. The number of carbonyl (C=O) groups is 4. The number of benzene rings is 1. The number of carboxylic acid groups (broad SMARTS) is 2. The summed E-state index contributed by atoms with van der Waals surface area (Å²) in [5, 5.41) is 18.0. The van der Waals surface area contributed by atoms with Crippen LogP contribution < -0.4 is 0 Å². The van der Waals surface area contributed by atoms with E-state index in [4.69, 9.17) is 19.7 Å². The first-order chi connectivity index (χ1) is 11.6. The highest BCUT2D eigenvalue weighted by atomic mass is 16.6. The van der Waals surface area contributed by atoms with E-state index in [1.54, 1.807) is 13.8 Å². The molecule has 0 atom stereocenters. The van der Waals surface area contributed by atoms with Crippen LogP contribution in [0.1, 0.15) is 58.3 Å². The molecule has 0 heterocycles. The number of ether oxygens (including phenoxy) is 2. The fourth-order valence-corrected chi connectivity index (χ4v) is 1.72. The van der Waals surface area contributed by atoms with Crippen LogP contribution >= 0.6 is 0 Å². The van der Waals surface area contributed by atoms with Crippen LogP contribution in [0.4, 0.5) is 0 Å². The topological polar surface area (TPSA) is 127 Å². The van der Waals surface area contributed by atoms with Gasteiger partial charge >= 0.3 is 23.9 Å². The summed E-state index contributed by atoms with van der Waals surface area (Å²) in [5.74, 6) is -4.14. The van der Waals surface area contributed by atoms with Gasteiger partial charge in [-0.05, 0) is 38.5 Å². The molecule has 8 heteroatoms. The third kappa shape index (κ3) is 5.30. The summed E-state index contributed by atoms with van der Waals surface area (Å²) in [4.78, 5) is 45.8. The number of aromatic carboxylic acids is 2. The van der Waals surface area contributed by atoms with Gasteiger partial charge in [0.1, 0.15) is 13.2 Å². The first-order valence-electron chi connectivity index (χ1n) is 7.55. The van der Waals surface area contributed by atoms with Crippen molar-refractivity contribution < 1.29 is 38.9 Å². The smallest absolute Gasteiger partial charge is 0.339 e. The number of esters is 2. The average Bonchev–Trinajstić information content (AvgIpc) is 2.57. The predicted octanol–water partition coefficient (Wildman–Crippen LogP) is 2.22. The van der Waals surface area contributed by atoms with E-state index in [1.165, 1.54) is 0 Å². The first kappa shape index (κ1) is 20.1. The SMILES string of the molecule is CCC(C)(C)C(=O)OCCOC(=O)c1ccc(C(=O)O)cc1C(=O)O. The monoisotopic (exact) mass is 352 g/mol. The van der Waals surface area contributed by atoms with Gasteiger partial charge in [0.05, 0.1) is 22.1 Å². The van der Waals surface area contributed by atoms with Crippen molar-refractivity contribution in [1.29, 1.82) is 0 Å². The summed E-state index contributed by atoms with van der Waals surface area (Å²) < 4.78 is 9.89. The molecule has 0 radical (unpaired) electrons. The fourth-order valence-electron chi connectivity index (χ4n) is 1.72. The van der Waals surface area contributed by atoms with Crippen molar-refractivity contribution in [3.05, 3.63) is 34.9 Å². The standard InChI is InChI=1S/C17H20O8/c1-4-17(2,3)16(23)25-8-7-24-15(22)11-6-5-10(13(18)19)9-12(11)14(20)21/h5-6,9H,4,7-8H2,1-3H3,(H,18,19)(H,20,21). The molecule has 136 valence electrons. The maximum atomic E-state index is 12.0. The highest BCUT2D eigenvalue weighted by Crippen LogP contribution is 2.21. The minimum absolute atomic E-state index is 0.163. The number of hydrogen-bond acceptors (Lipinski definition) is 6. The van der Waals surface area contributed by atoms with Gasteiger partial charge in [-0.3, -0.25) is 4.79 Å². The number of carboxylic acids is 2. The van der Waals surface area contributed by atoms with Crippen LogP contribution in [0.2, 0.25) is 0 Å². The molecule has 0 bridgehead atoms. The van der Waals surface area contributed by atoms with E-state index < -0.39 is 34.9 Å². The molecule has 0 saturated carbocycles. The van der Waals surface area contributed by atoms with Gasteiger partial charge in [0.2, 0.25) is 0 Å². The second-order valence-corrected chi connectivity index (χ2v) is 5.88. The Bertz CT molecular complexity index is 690. The maximum Gasteiger partial charge on any atom is 0.339 e. The minimum atomic E-state index is -1.45. The Morgan fingerprint density at radius 3 is 2.08 bits per heavy atom. The Morgan fingerprint density at radius 2 is 1.56 bits per heavy atom. The summed E-state index contributed by atoms with van der Waals surface area (Å²) in [6.45, 7) is 4.89. The molecule has 0 amide bonds. The van der Waals surface area contributed by atoms with Crippen LogP contribution in [-0.2, 0) is 14.3 Å². The Balaban J connectivity index is 2.71. The van der Waals surface area contributed by atoms with Gasteiger partial charge in [-0.15, -0.1) is 0 Å². The van der Waals surface area contributed by atoms with Gasteiger partial charge < -0.3 is 19.7 Å². The number of hydrogen-bond donors (Lipinski definition) is 2. The molecule has 0 aliphatic rings. The summed E-state index contributed by atoms with van der Waals surface area (Å²) in [7, 11) is 0. The molecule has 0 saturated heterocycles. The number of carbonyl (C=O) groups excluding carboxylic acids is 2. The van der Waals surface area contributed by atoms with E-state index in [0.717, 1.165) is 18.2 Å². The highest BCUT2D eigenvalue weighted by Gasteiger charge is 2.27. The zero-order valence-electron chi connectivity index (χ0n) is 14.2. The van der Waals surface area contributed by atoms with Crippen LogP contribution in [0.15, 0.2) is 18.2 Å². The molecule has 0 unspecified atom stereocenters. The van der Waals surface area contributed by atoms with Crippen molar-refractivity contribution in [3.63, 3.8) is 0 Å². The summed E-state index contributed by atoms with van der Waals surface area (Å²) in [6, 6.07) is 3.06. The van der Waals surface area contributed by atoms with Gasteiger partial charge in [-0.1, -0.05) is 6.92 Å². The number of rotatable bonds is 8. The van der Waals surface area contributed by atoms with Crippen LogP contribution in [-0.4, -0.2) is 47.3 Å². The highest BCUT2D eigenvalue weighted by molar-refractivity contribution is 6.04. The van der Waals surface area contributed by atoms with Gasteiger partial charge in [0.25, 0.3) is 0 Å². The van der Waals surface area contributed by atoms with Crippen molar-refractivity contribution in [1.82, 2.24) is 0 Å². The molecule has 1 rings (SSSR count). The lowest BCUT2D eigenvalue weighted by atomic mass is 9.91. The third-order valence-electron chi connectivity index (χ3n) is 3.70. The summed E-state index contributed by atoms with van der Waals surface area (Å²) >= 11 is 0. The molecular weight excluding hydrogens is 332 g/mol. The lowest BCUT2D eigenvalue weighted by molar-refractivity contribution is -0.155. The molecule has 1 aromatic rings. The lowest BCUT2D eigenvalue weighted by Gasteiger charge is -2.20. The zero-order chi connectivity index (χ0) is 19.2. The Labute approximate surface area is 144 Å². The molecule has 0 aliphatic carbocycles. The van der Waals surface area contributed by atoms with Crippen LogP contribution in [0, 0.1) is 5.41 Å². The van der Waals surface area contributed by atoms with E-state index in [2.05, 4.69) is 0 Å². The Hall–Kier alpha value is -2.90. The largest absolute Gasteiger partial charge is 0.478 e. The molecule has 0 aliphatic heterocycles. The molecule has 2 N–H and O–H groups in total. The Morgan fingerprint density at radius 1 is 0.960 bits per heavy atom. The summed E-state index contributed by atoms with van der Waals surface area (Å²) in [6.07, 6.45) is 0.587. The molecule has 0 fully saturated rings. The average molecular weight is 352 g/mol. The van der Waals surface area contributed by atoms with Gasteiger partial charge in [-0.25, -0.2) is 14.4 Å². The molecule has 1 aromatic carbocycles. The van der Waals surface area contributed by atoms with Crippen molar-refractivity contribution in [2.45, 2.75) is 27.2 Å². The van der Waals surface area contributed by atoms with E-state index in [9.17, 15) is 19.2 Å². The van der Waals surface area contributed by atoms with E-state index in [1.807, 2.05) is 6.92 Å². The van der Waals surface area contributed by atoms with Crippen LogP contribution in [0.25, 0.3) is 0 Å². The zero-order valence-corrected chi connectivity index (χ0v) is 14.2. The second-order valence-electron chi connectivity index (χ2n) is 5.88. The van der Waals surface area contributed by atoms with Crippen molar-refractivity contribution in [2.24, 2.45) is 5.41 Å². The third-order valence-corrected chi connectivity index (χ3v) is 3.70. The van der Waals surface area contributed by atoms with E-state index in [0.29, 0.717) is 6.42 Å². The normalized spacial score (nSPS) is 10.8. The second kappa shape index (κ2) is 8.27. The predicted molar refractivity (Wildman–Crippen MR) is 85.7 cm³/mol. The van der Waals surface area contributed by atoms with Crippen molar-refractivity contribution in [3.8, 4) is 0 Å².